The minimum absolute atomic E-state index is 0.0812. The summed E-state index contributed by atoms with van der Waals surface area (Å²) in [6.45, 7) is 5.99. The van der Waals surface area contributed by atoms with Gasteiger partial charge in [-0.1, -0.05) is 18.2 Å². The highest BCUT2D eigenvalue weighted by molar-refractivity contribution is 6.34. The van der Waals surface area contributed by atoms with Crippen molar-refractivity contribution in [2.75, 3.05) is 16.3 Å². The molecule has 2 aliphatic rings. The van der Waals surface area contributed by atoms with Gasteiger partial charge in [-0.05, 0) is 79.9 Å². The molecule has 3 amide bonds. The number of aryl methyl sites for hydroxylation is 3. The molecule has 1 fully saturated rings. The molecule has 2 heterocycles. The third-order valence-electron chi connectivity index (χ3n) is 6.68. The summed E-state index contributed by atoms with van der Waals surface area (Å²) in [5.41, 5.74) is 4.77. The molecule has 7 nitrogen and oxygen atoms in total. The average molecular weight is 469 g/mol. The van der Waals surface area contributed by atoms with E-state index in [0.29, 0.717) is 28.1 Å². The van der Waals surface area contributed by atoms with Gasteiger partial charge >= 0.3 is 5.97 Å². The Labute approximate surface area is 202 Å². The van der Waals surface area contributed by atoms with E-state index in [0.717, 1.165) is 21.7 Å². The van der Waals surface area contributed by atoms with Gasteiger partial charge in [-0.25, -0.2) is 4.90 Å². The summed E-state index contributed by atoms with van der Waals surface area (Å²) in [4.78, 5) is 53.8. The van der Waals surface area contributed by atoms with E-state index >= 15 is 0 Å². The third-order valence-corrected chi connectivity index (χ3v) is 6.68. The first kappa shape index (κ1) is 22.5. The zero-order chi connectivity index (χ0) is 24.9. The van der Waals surface area contributed by atoms with E-state index in [9.17, 15) is 19.2 Å². The molecule has 0 spiro atoms. The predicted octanol–water partition coefficient (Wildman–Crippen LogP) is 4.37. The first-order valence-electron chi connectivity index (χ1n) is 11.4. The van der Waals surface area contributed by atoms with Gasteiger partial charge in [0.05, 0.1) is 22.7 Å². The number of amides is 3. The second-order valence-electron chi connectivity index (χ2n) is 9.03. The van der Waals surface area contributed by atoms with Gasteiger partial charge in [-0.3, -0.25) is 19.2 Å². The fourth-order valence-corrected chi connectivity index (χ4v) is 4.56. The molecule has 1 saturated heterocycles. The molecule has 1 atom stereocenters. The van der Waals surface area contributed by atoms with Crippen LogP contribution in [-0.4, -0.2) is 30.2 Å². The van der Waals surface area contributed by atoms with Gasteiger partial charge < -0.3 is 9.64 Å². The van der Waals surface area contributed by atoms with Gasteiger partial charge in [0.25, 0.3) is 11.8 Å². The van der Waals surface area contributed by atoms with Crippen LogP contribution < -0.4 is 14.5 Å². The van der Waals surface area contributed by atoms with Crippen molar-refractivity contribution in [3.05, 3.63) is 88.5 Å². The lowest BCUT2D eigenvalue weighted by molar-refractivity contribution is -0.139. The molecule has 0 N–H and O–H groups in total. The van der Waals surface area contributed by atoms with Crippen LogP contribution in [0.4, 0.5) is 11.4 Å². The van der Waals surface area contributed by atoms with Crippen molar-refractivity contribution >= 4 is 35.1 Å². The molecular formula is C28H24N2O5. The Bertz CT molecular complexity index is 1380. The van der Waals surface area contributed by atoms with Crippen LogP contribution in [0.15, 0.2) is 60.7 Å². The van der Waals surface area contributed by atoms with Crippen LogP contribution in [0.1, 0.15) is 43.8 Å². The SMILES string of the molecule is Cc1ccc(N2C[C@H](C(=O)Oc3ccc(N4C(=O)c5ccccc5C4=O)c(C)c3)CC2=O)cc1C. The molecule has 3 aromatic carbocycles. The lowest BCUT2D eigenvalue weighted by Gasteiger charge is -2.18. The maximum atomic E-state index is 12.8. The largest absolute Gasteiger partial charge is 0.426 e. The number of ether oxygens (including phenoxy) is 1. The van der Waals surface area contributed by atoms with Crippen molar-refractivity contribution in [3.63, 3.8) is 0 Å². The van der Waals surface area contributed by atoms with E-state index in [-0.39, 0.29) is 30.7 Å². The average Bonchev–Trinajstić information content (AvgIpc) is 3.34. The third kappa shape index (κ3) is 3.89. The minimum Gasteiger partial charge on any atom is -0.426 e. The van der Waals surface area contributed by atoms with Crippen LogP contribution in [-0.2, 0) is 9.59 Å². The summed E-state index contributed by atoms with van der Waals surface area (Å²) in [6.07, 6.45) is 0.0812. The van der Waals surface area contributed by atoms with E-state index in [1.54, 1.807) is 54.3 Å². The number of fused-ring (bicyclic) bond motifs is 1. The maximum Gasteiger partial charge on any atom is 0.316 e. The maximum absolute atomic E-state index is 12.8. The van der Waals surface area contributed by atoms with Crippen LogP contribution >= 0.6 is 0 Å². The normalized spacial score (nSPS) is 17.2. The van der Waals surface area contributed by atoms with Crippen molar-refractivity contribution in [2.45, 2.75) is 27.2 Å². The van der Waals surface area contributed by atoms with Crippen molar-refractivity contribution < 1.29 is 23.9 Å². The van der Waals surface area contributed by atoms with Crippen LogP contribution in [0, 0.1) is 26.7 Å². The highest BCUT2D eigenvalue weighted by Crippen LogP contribution is 2.33. The van der Waals surface area contributed by atoms with Crippen molar-refractivity contribution in [2.24, 2.45) is 5.92 Å². The fourth-order valence-electron chi connectivity index (χ4n) is 4.56. The molecule has 7 heteroatoms. The molecule has 0 unspecified atom stereocenters. The van der Waals surface area contributed by atoms with Gasteiger partial charge in [0, 0.05) is 18.7 Å². The number of nitrogens with zero attached hydrogens (tertiary/aromatic N) is 2. The molecule has 0 bridgehead atoms. The summed E-state index contributed by atoms with van der Waals surface area (Å²) in [6, 6.07) is 17.3. The summed E-state index contributed by atoms with van der Waals surface area (Å²) in [7, 11) is 0. The van der Waals surface area contributed by atoms with E-state index in [1.807, 2.05) is 32.0 Å². The summed E-state index contributed by atoms with van der Waals surface area (Å²) >= 11 is 0. The standard InChI is InChI=1S/C28H24N2O5/c1-16-8-9-20(12-17(16)2)29-15-19(14-25(29)31)28(34)35-21-10-11-24(18(3)13-21)30-26(32)22-6-4-5-7-23(22)27(30)33/h4-13,19H,14-15H2,1-3H3/t19-/m1/s1. The predicted molar refractivity (Wildman–Crippen MR) is 131 cm³/mol. The Kier molecular flexibility index (Phi) is 5.47. The first-order valence-corrected chi connectivity index (χ1v) is 11.4. The quantitative estimate of drug-likeness (QED) is 0.323. The van der Waals surface area contributed by atoms with Gasteiger partial charge in [0.15, 0.2) is 0 Å². The number of carbonyl (C=O) groups is 4. The van der Waals surface area contributed by atoms with Crippen molar-refractivity contribution in [3.8, 4) is 5.75 Å². The van der Waals surface area contributed by atoms with E-state index in [4.69, 9.17) is 4.74 Å². The van der Waals surface area contributed by atoms with E-state index in [1.165, 1.54) is 0 Å². The highest BCUT2D eigenvalue weighted by atomic mass is 16.5. The van der Waals surface area contributed by atoms with Crippen LogP contribution in [0.3, 0.4) is 0 Å². The number of hydrogen-bond donors (Lipinski definition) is 0. The number of hydrogen-bond acceptors (Lipinski definition) is 5. The smallest absolute Gasteiger partial charge is 0.316 e. The van der Waals surface area contributed by atoms with Crippen molar-refractivity contribution in [1.82, 2.24) is 0 Å². The molecule has 3 aromatic rings. The second-order valence-corrected chi connectivity index (χ2v) is 9.03. The Morgan fingerprint density at radius 3 is 2.14 bits per heavy atom. The zero-order valence-corrected chi connectivity index (χ0v) is 19.7. The monoisotopic (exact) mass is 468 g/mol. The number of imide groups is 1. The molecule has 176 valence electrons. The number of esters is 1. The lowest BCUT2D eigenvalue weighted by atomic mass is 10.1. The van der Waals surface area contributed by atoms with Crippen molar-refractivity contribution in [1.29, 1.82) is 0 Å². The van der Waals surface area contributed by atoms with Gasteiger partial charge in [0.1, 0.15) is 5.75 Å². The topological polar surface area (TPSA) is 84.0 Å². The first-order chi connectivity index (χ1) is 16.7. The molecule has 0 aromatic heterocycles. The molecular weight excluding hydrogens is 444 g/mol. The minimum atomic E-state index is -0.583. The second kappa shape index (κ2) is 8.51. The molecule has 0 saturated carbocycles. The molecule has 0 aliphatic carbocycles. The lowest BCUT2D eigenvalue weighted by Crippen LogP contribution is -2.30. The number of carbonyl (C=O) groups excluding carboxylic acids is 4. The fraction of sp³-hybridized carbons (Fsp3) is 0.214. The summed E-state index contributed by atoms with van der Waals surface area (Å²) in [5.74, 6) is -1.65. The molecule has 35 heavy (non-hydrogen) atoms. The number of anilines is 2. The zero-order valence-electron chi connectivity index (χ0n) is 19.7. The Morgan fingerprint density at radius 2 is 1.51 bits per heavy atom. The van der Waals surface area contributed by atoms with Gasteiger partial charge in [0.2, 0.25) is 5.91 Å². The molecule has 5 rings (SSSR count). The van der Waals surface area contributed by atoms with E-state index < -0.39 is 11.9 Å². The molecule has 0 radical (unpaired) electrons. The number of benzene rings is 3. The Hall–Kier alpha value is -4.26. The van der Waals surface area contributed by atoms with Crippen LogP contribution in [0.25, 0.3) is 0 Å². The van der Waals surface area contributed by atoms with Gasteiger partial charge in [-0.2, -0.15) is 0 Å². The Morgan fingerprint density at radius 1 is 0.829 bits per heavy atom. The summed E-state index contributed by atoms with van der Waals surface area (Å²) in [5, 5.41) is 0. The Balaban J connectivity index is 1.30. The van der Waals surface area contributed by atoms with Gasteiger partial charge in [-0.15, -0.1) is 0 Å². The summed E-state index contributed by atoms with van der Waals surface area (Å²) < 4.78 is 5.58. The molecule has 2 aliphatic heterocycles. The van der Waals surface area contributed by atoms with Crippen LogP contribution in [0.5, 0.6) is 5.75 Å². The van der Waals surface area contributed by atoms with Crippen LogP contribution in [0.2, 0.25) is 0 Å². The number of rotatable bonds is 4. The highest BCUT2D eigenvalue weighted by Gasteiger charge is 2.38. The van der Waals surface area contributed by atoms with E-state index in [2.05, 4.69) is 0 Å².